The van der Waals surface area contributed by atoms with Gasteiger partial charge in [-0.15, -0.1) is 0 Å². The lowest BCUT2D eigenvalue weighted by Gasteiger charge is -2.08. The molecule has 0 saturated heterocycles. The Bertz CT molecular complexity index is 628. The monoisotopic (exact) mass is 218 g/mol. The van der Waals surface area contributed by atoms with E-state index in [4.69, 9.17) is 0 Å². The molecule has 0 fully saturated rings. The first kappa shape index (κ1) is 10.1. The molecule has 0 unspecified atom stereocenters. The van der Waals surface area contributed by atoms with Gasteiger partial charge < -0.3 is 0 Å². The molecule has 0 aromatic heterocycles. The minimum atomic E-state index is 0.995. The summed E-state index contributed by atoms with van der Waals surface area (Å²) in [4.78, 5) is 0. The molecule has 2 aromatic carbocycles. The van der Waals surface area contributed by atoms with Crippen LogP contribution in [0.15, 0.2) is 66.8 Å². The van der Waals surface area contributed by atoms with Crippen molar-refractivity contribution in [2.45, 2.75) is 6.42 Å². The standard InChI is InChI=1S/C17H14/c1-2-4-8-14-12-13-15-9-6-7-11-17(15)16(14)10-5-3-1/h1-7,9-13H,8H2. The van der Waals surface area contributed by atoms with E-state index in [0.717, 1.165) is 6.42 Å². The summed E-state index contributed by atoms with van der Waals surface area (Å²) in [6, 6.07) is 13.0. The second kappa shape index (κ2) is 4.42. The van der Waals surface area contributed by atoms with Gasteiger partial charge in [0.15, 0.2) is 0 Å². The van der Waals surface area contributed by atoms with Crippen LogP contribution < -0.4 is 0 Å². The summed E-state index contributed by atoms with van der Waals surface area (Å²) in [5, 5.41) is 2.65. The van der Waals surface area contributed by atoms with E-state index >= 15 is 0 Å². The van der Waals surface area contributed by atoms with Gasteiger partial charge in [-0.2, -0.15) is 0 Å². The predicted octanol–water partition coefficient (Wildman–Crippen LogP) is 4.52. The highest BCUT2D eigenvalue weighted by molar-refractivity contribution is 5.92. The maximum atomic E-state index is 2.23. The number of hydrogen-bond donors (Lipinski definition) is 0. The summed E-state index contributed by atoms with van der Waals surface area (Å²) < 4.78 is 0. The molecular formula is C17H14. The Morgan fingerprint density at radius 1 is 0.765 bits per heavy atom. The fraction of sp³-hybridized carbons (Fsp3) is 0.0588. The van der Waals surface area contributed by atoms with Crippen LogP contribution in [0.1, 0.15) is 11.1 Å². The molecule has 1 aliphatic rings. The lowest BCUT2D eigenvalue weighted by molar-refractivity contribution is 1.27. The molecule has 0 atom stereocenters. The van der Waals surface area contributed by atoms with Crippen LogP contribution in [0.5, 0.6) is 0 Å². The summed E-state index contributed by atoms with van der Waals surface area (Å²) in [5.41, 5.74) is 2.74. The molecule has 0 heterocycles. The third-order valence-electron chi connectivity index (χ3n) is 3.13. The number of hydrogen-bond acceptors (Lipinski definition) is 0. The highest BCUT2D eigenvalue weighted by Crippen LogP contribution is 2.25. The Kier molecular flexibility index (Phi) is 2.63. The van der Waals surface area contributed by atoms with Gasteiger partial charge in [-0.3, -0.25) is 0 Å². The lowest BCUT2D eigenvalue weighted by atomic mass is 9.97. The molecule has 3 rings (SSSR count). The zero-order valence-electron chi connectivity index (χ0n) is 9.64. The van der Waals surface area contributed by atoms with E-state index in [1.165, 1.54) is 21.9 Å². The summed E-state index contributed by atoms with van der Waals surface area (Å²) in [6.45, 7) is 0. The van der Waals surface area contributed by atoms with Crippen molar-refractivity contribution in [2.75, 3.05) is 0 Å². The molecule has 0 amide bonds. The first-order chi connectivity index (χ1) is 8.45. The summed E-state index contributed by atoms with van der Waals surface area (Å²) in [5.74, 6) is 0. The molecule has 0 bridgehead atoms. The molecule has 82 valence electrons. The third-order valence-corrected chi connectivity index (χ3v) is 3.13. The van der Waals surface area contributed by atoms with Gasteiger partial charge in [-0.05, 0) is 28.3 Å². The zero-order chi connectivity index (χ0) is 11.5. The molecule has 17 heavy (non-hydrogen) atoms. The van der Waals surface area contributed by atoms with E-state index in [0.29, 0.717) is 0 Å². The van der Waals surface area contributed by atoms with Crippen LogP contribution in [0, 0.1) is 0 Å². The van der Waals surface area contributed by atoms with Crippen molar-refractivity contribution in [3.05, 3.63) is 77.9 Å². The minimum absolute atomic E-state index is 0.995. The van der Waals surface area contributed by atoms with Crippen LogP contribution in [0.3, 0.4) is 0 Å². The van der Waals surface area contributed by atoms with Crippen molar-refractivity contribution < 1.29 is 0 Å². The smallest absolute Gasteiger partial charge is 0.00882 e. The fourth-order valence-electron chi connectivity index (χ4n) is 2.27. The van der Waals surface area contributed by atoms with E-state index in [2.05, 4.69) is 72.9 Å². The predicted molar refractivity (Wildman–Crippen MR) is 75.0 cm³/mol. The molecule has 0 spiro atoms. The van der Waals surface area contributed by atoms with Gasteiger partial charge in [0, 0.05) is 0 Å². The Morgan fingerprint density at radius 2 is 1.65 bits per heavy atom. The van der Waals surface area contributed by atoms with Crippen molar-refractivity contribution in [1.82, 2.24) is 0 Å². The molecule has 0 nitrogen and oxygen atoms in total. The van der Waals surface area contributed by atoms with Gasteiger partial charge in [-0.25, -0.2) is 0 Å². The molecule has 0 radical (unpaired) electrons. The van der Waals surface area contributed by atoms with E-state index in [1.807, 2.05) is 0 Å². The van der Waals surface area contributed by atoms with E-state index in [9.17, 15) is 0 Å². The van der Waals surface area contributed by atoms with Crippen molar-refractivity contribution >= 4 is 16.8 Å². The van der Waals surface area contributed by atoms with Gasteiger partial charge >= 0.3 is 0 Å². The Balaban J connectivity index is 2.29. The molecule has 0 N–H and O–H groups in total. The molecular weight excluding hydrogens is 204 g/mol. The van der Waals surface area contributed by atoms with Gasteiger partial charge in [0.1, 0.15) is 0 Å². The summed E-state index contributed by atoms with van der Waals surface area (Å²) >= 11 is 0. The Hall–Kier alpha value is -2.08. The van der Waals surface area contributed by atoms with Crippen LogP contribution in [0.4, 0.5) is 0 Å². The minimum Gasteiger partial charge on any atom is -0.0801 e. The van der Waals surface area contributed by atoms with Gasteiger partial charge in [-0.1, -0.05) is 72.9 Å². The summed E-state index contributed by atoms with van der Waals surface area (Å²) in [7, 11) is 0. The topological polar surface area (TPSA) is 0 Å². The maximum absolute atomic E-state index is 2.23. The van der Waals surface area contributed by atoms with E-state index < -0.39 is 0 Å². The van der Waals surface area contributed by atoms with Crippen LogP contribution in [0.2, 0.25) is 0 Å². The van der Waals surface area contributed by atoms with Crippen molar-refractivity contribution in [1.29, 1.82) is 0 Å². The Morgan fingerprint density at radius 3 is 2.65 bits per heavy atom. The summed E-state index contributed by atoms with van der Waals surface area (Å²) in [6.07, 6.45) is 13.8. The first-order valence-corrected chi connectivity index (χ1v) is 5.96. The SMILES string of the molecule is C1=CC=Cc2c(ccc3ccccc23)CC=C1. The van der Waals surface area contributed by atoms with Gasteiger partial charge in [0.25, 0.3) is 0 Å². The quantitative estimate of drug-likeness (QED) is 0.609. The molecule has 0 aliphatic heterocycles. The molecule has 2 aromatic rings. The average Bonchev–Trinajstić information content (AvgIpc) is 2.50. The Labute approximate surface area is 102 Å². The second-order valence-corrected chi connectivity index (χ2v) is 4.24. The number of rotatable bonds is 0. The highest BCUT2D eigenvalue weighted by atomic mass is 14.1. The van der Waals surface area contributed by atoms with Crippen LogP contribution in [0.25, 0.3) is 16.8 Å². The average molecular weight is 218 g/mol. The van der Waals surface area contributed by atoms with Crippen molar-refractivity contribution in [3.8, 4) is 0 Å². The fourth-order valence-corrected chi connectivity index (χ4v) is 2.27. The lowest BCUT2D eigenvalue weighted by Crippen LogP contribution is -1.88. The van der Waals surface area contributed by atoms with Gasteiger partial charge in [0.2, 0.25) is 0 Å². The molecule has 1 aliphatic carbocycles. The van der Waals surface area contributed by atoms with Crippen LogP contribution >= 0.6 is 0 Å². The van der Waals surface area contributed by atoms with Crippen LogP contribution in [-0.4, -0.2) is 0 Å². The second-order valence-electron chi connectivity index (χ2n) is 4.24. The normalized spacial score (nSPS) is 14.1. The third kappa shape index (κ3) is 1.94. The van der Waals surface area contributed by atoms with Crippen LogP contribution in [-0.2, 0) is 6.42 Å². The number of fused-ring (bicyclic) bond motifs is 3. The van der Waals surface area contributed by atoms with Crippen molar-refractivity contribution in [2.24, 2.45) is 0 Å². The maximum Gasteiger partial charge on any atom is -0.00882 e. The zero-order valence-corrected chi connectivity index (χ0v) is 9.64. The van der Waals surface area contributed by atoms with Crippen molar-refractivity contribution in [3.63, 3.8) is 0 Å². The van der Waals surface area contributed by atoms with Gasteiger partial charge in [0.05, 0.1) is 0 Å². The van der Waals surface area contributed by atoms with E-state index in [1.54, 1.807) is 0 Å². The largest absolute Gasteiger partial charge is 0.0801 e. The number of allylic oxidation sites excluding steroid dienone is 5. The first-order valence-electron chi connectivity index (χ1n) is 5.96. The van der Waals surface area contributed by atoms with E-state index in [-0.39, 0.29) is 0 Å². The molecule has 0 saturated carbocycles. The molecule has 0 heteroatoms. The highest BCUT2D eigenvalue weighted by Gasteiger charge is 2.03. The number of benzene rings is 2.